The van der Waals surface area contributed by atoms with Crippen LogP contribution in [0.5, 0.6) is 0 Å². The Morgan fingerprint density at radius 3 is 2.43 bits per heavy atom. The van der Waals surface area contributed by atoms with Crippen LogP contribution in [0.15, 0.2) is 42.5 Å². The van der Waals surface area contributed by atoms with Crippen molar-refractivity contribution >= 4 is 8.84 Å². The first-order chi connectivity index (χ1) is 11.3. The fourth-order valence-electron chi connectivity index (χ4n) is 4.29. The molecule has 0 radical (unpaired) electrons. The van der Waals surface area contributed by atoms with E-state index in [-0.39, 0.29) is 0 Å². The van der Waals surface area contributed by atoms with Gasteiger partial charge in [0.25, 0.3) is 0 Å². The zero-order valence-electron chi connectivity index (χ0n) is 13.9. The summed E-state index contributed by atoms with van der Waals surface area (Å²) in [5, 5.41) is 0. The van der Waals surface area contributed by atoms with E-state index < -0.39 is 0 Å². The zero-order chi connectivity index (χ0) is 16.0. The van der Waals surface area contributed by atoms with E-state index in [1.807, 2.05) is 0 Å². The summed E-state index contributed by atoms with van der Waals surface area (Å²) >= 11 is 1.56. The minimum absolute atomic E-state index is 1.10. The van der Waals surface area contributed by atoms with Gasteiger partial charge in [0.05, 0.1) is 0 Å². The van der Waals surface area contributed by atoms with E-state index in [1.54, 1.807) is 55.8 Å². The van der Waals surface area contributed by atoms with Crippen LogP contribution in [-0.4, -0.2) is 0 Å². The molecular formula is C22H21Zr. The molecule has 4 rings (SSSR count). The molecule has 0 saturated carbocycles. The summed E-state index contributed by atoms with van der Waals surface area (Å²) in [7, 11) is 0. The fourth-order valence-corrected chi connectivity index (χ4v) is 5.58. The zero-order valence-corrected chi connectivity index (χ0v) is 16.3. The maximum atomic E-state index is 2.33. The molecule has 0 nitrogen and oxygen atoms in total. The topological polar surface area (TPSA) is 0 Å². The predicted octanol–water partition coefficient (Wildman–Crippen LogP) is 4.90. The summed E-state index contributed by atoms with van der Waals surface area (Å²) < 4.78 is 1.60. The molecule has 23 heavy (non-hydrogen) atoms. The van der Waals surface area contributed by atoms with Gasteiger partial charge in [-0.2, -0.15) is 0 Å². The third-order valence-corrected chi connectivity index (χ3v) is 6.63. The standard InChI is InChI=1S/C22H21.Zr/c1-3-18-19(4-2)22-17(13-16-11-7-8-12-20(16)22)14-21(18)15-9-5-6-10-15;/h5-9,11-12H,3-4,10,13H2,1-2H3;. The molecule has 0 atom stereocenters. The van der Waals surface area contributed by atoms with Crippen LogP contribution in [0.1, 0.15) is 48.1 Å². The number of benzene rings is 2. The number of fused-ring (bicyclic) bond motifs is 3. The van der Waals surface area contributed by atoms with Crippen LogP contribution < -0.4 is 3.27 Å². The molecule has 0 aliphatic heterocycles. The molecule has 0 unspecified atom stereocenters. The molecule has 0 saturated heterocycles. The Morgan fingerprint density at radius 1 is 1.00 bits per heavy atom. The van der Waals surface area contributed by atoms with Gasteiger partial charge in [-0.05, 0) is 0 Å². The quantitative estimate of drug-likeness (QED) is 0.610. The van der Waals surface area contributed by atoms with Crippen molar-refractivity contribution in [3.8, 4) is 11.1 Å². The molecule has 2 aromatic carbocycles. The Balaban J connectivity index is 2.05. The second-order valence-corrected chi connectivity index (χ2v) is 7.65. The number of hydrogen-bond acceptors (Lipinski definition) is 0. The molecule has 1 heteroatoms. The molecule has 0 heterocycles. The third-order valence-electron chi connectivity index (χ3n) is 5.27. The maximum absolute atomic E-state index is 2.33. The molecule has 113 valence electrons. The molecule has 0 fully saturated rings. The molecule has 2 aliphatic rings. The Hall–Kier alpha value is -1.20. The Bertz CT molecular complexity index is 853. The van der Waals surface area contributed by atoms with E-state index in [0.717, 1.165) is 25.7 Å². The van der Waals surface area contributed by atoms with E-state index in [1.165, 1.54) is 16.7 Å². The second-order valence-electron chi connectivity index (χ2n) is 6.43. The monoisotopic (exact) mass is 375 g/mol. The average molecular weight is 377 g/mol. The van der Waals surface area contributed by atoms with E-state index in [9.17, 15) is 0 Å². The number of rotatable bonds is 3. The van der Waals surface area contributed by atoms with Gasteiger partial charge in [-0.15, -0.1) is 0 Å². The van der Waals surface area contributed by atoms with Gasteiger partial charge >= 0.3 is 155 Å². The molecule has 0 aromatic heterocycles. The summed E-state index contributed by atoms with van der Waals surface area (Å²) in [6, 6.07) is 9.01. The van der Waals surface area contributed by atoms with E-state index >= 15 is 0 Å². The van der Waals surface area contributed by atoms with Gasteiger partial charge in [0, 0.05) is 0 Å². The van der Waals surface area contributed by atoms with Gasteiger partial charge in [0.1, 0.15) is 0 Å². The van der Waals surface area contributed by atoms with Crippen LogP contribution in [0.4, 0.5) is 0 Å². The van der Waals surface area contributed by atoms with Gasteiger partial charge < -0.3 is 0 Å². The van der Waals surface area contributed by atoms with Gasteiger partial charge in [0.15, 0.2) is 0 Å². The van der Waals surface area contributed by atoms with Crippen molar-refractivity contribution < 1.29 is 24.7 Å². The summed E-state index contributed by atoms with van der Waals surface area (Å²) in [6.45, 7) is 4.65. The molecule has 2 aromatic rings. The number of hydrogen-bond donors (Lipinski definition) is 0. The van der Waals surface area contributed by atoms with Crippen LogP contribution >= 0.6 is 0 Å². The fraction of sp³-hybridized carbons (Fsp3) is 0.273. The first kappa shape index (κ1) is 15.3. The third kappa shape index (κ3) is 2.28. The van der Waals surface area contributed by atoms with Crippen LogP contribution in [-0.2, 0) is 44.0 Å². The summed E-state index contributed by atoms with van der Waals surface area (Å²) in [4.78, 5) is 0. The first-order valence-corrected chi connectivity index (χ1v) is 9.85. The van der Waals surface area contributed by atoms with Gasteiger partial charge in [-0.25, -0.2) is 0 Å². The van der Waals surface area contributed by atoms with E-state index in [2.05, 4.69) is 56.3 Å². The molecule has 0 amide bonds. The number of allylic oxidation sites excluding steroid dienone is 4. The van der Waals surface area contributed by atoms with Gasteiger partial charge in [-0.3, -0.25) is 0 Å². The van der Waals surface area contributed by atoms with Gasteiger partial charge in [-0.1, -0.05) is 0 Å². The normalized spacial score (nSPS) is 14.7. The van der Waals surface area contributed by atoms with Crippen LogP contribution in [0.2, 0.25) is 0 Å². The molecule has 0 spiro atoms. The second kappa shape index (κ2) is 6.02. The SMILES string of the molecule is CCc1c(CC)c2c([c]([Zr])c1C1=CC=CC1)Cc1ccccc1-2. The summed E-state index contributed by atoms with van der Waals surface area (Å²) in [5.41, 5.74) is 12.5. The Labute approximate surface area is 154 Å². The summed E-state index contributed by atoms with van der Waals surface area (Å²) in [6.07, 6.45) is 11.3. The minimum atomic E-state index is 1.10. The van der Waals surface area contributed by atoms with Crippen molar-refractivity contribution in [2.75, 3.05) is 0 Å². The molecule has 0 bridgehead atoms. The van der Waals surface area contributed by atoms with Crippen molar-refractivity contribution in [3.63, 3.8) is 0 Å². The van der Waals surface area contributed by atoms with Crippen molar-refractivity contribution in [1.82, 2.24) is 0 Å². The average Bonchev–Trinajstić information content (AvgIpc) is 3.22. The molecular weight excluding hydrogens is 355 g/mol. The van der Waals surface area contributed by atoms with Crippen molar-refractivity contribution in [2.24, 2.45) is 0 Å². The van der Waals surface area contributed by atoms with Crippen molar-refractivity contribution in [1.29, 1.82) is 0 Å². The van der Waals surface area contributed by atoms with Crippen LogP contribution in [0.3, 0.4) is 0 Å². The van der Waals surface area contributed by atoms with Crippen LogP contribution in [0, 0.1) is 0 Å². The molecule has 0 N–H and O–H groups in total. The summed E-state index contributed by atoms with van der Waals surface area (Å²) in [5.74, 6) is 0. The van der Waals surface area contributed by atoms with Crippen LogP contribution in [0.25, 0.3) is 16.7 Å². The van der Waals surface area contributed by atoms with Crippen molar-refractivity contribution in [3.05, 3.63) is 70.3 Å². The Morgan fingerprint density at radius 2 is 1.74 bits per heavy atom. The Kier molecular flexibility index (Phi) is 4.02. The first-order valence-electron chi connectivity index (χ1n) is 8.62. The molecule has 2 aliphatic carbocycles. The van der Waals surface area contributed by atoms with E-state index in [0.29, 0.717) is 0 Å². The van der Waals surface area contributed by atoms with Crippen molar-refractivity contribution in [2.45, 2.75) is 39.5 Å². The predicted molar refractivity (Wildman–Crippen MR) is 94.8 cm³/mol. The van der Waals surface area contributed by atoms with E-state index in [4.69, 9.17) is 0 Å². The van der Waals surface area contributed by atoms with Gasteiger partial charge in [0.2, 0.25) is 0 Å².